The number of aryl methyl sites for hydroxylation is 1. The first-order chi connectivity index (χ1) is 13.1. The molecule has 1 aliphatic heterocycles. The van der Waals surface area contributed by atoms with Crippen molar-refractivity contribution in [2.24, 2.45) is 5.41 Å². The van der Waals surface area contributed by atoms with Crippen molar-refractivity contribution in [2.75, 3.05) is 18.6 Å². The summed E-state index contributed by atoms with van der Waals surface area (Å²) in [5.74, 6) is 0.126. The molecular formula is C20H22N4O3. The van der Waals surface area contributed by atoms with Gasteiger partial charge in [0.05, 0.1) is 5.69 Å². The number of carbonyl (C=O) groups is 2. The molecule has 0 saturated heterocycles. The molecule has 27 heavy (non-hydrogen) atoms. The summed E-state index contributed by atoms with van der Waals surface area (Å²) < 4.78 is 5.77. The predicted molar refractivity (Wildman–Crippen MR) is 98.9 cm³/mol. The molecule has 140 valence electrons. The fourth-order valence-electron chi connectivity index (χ4n) is 4.23. The van der Waals surface area contributed by atoms with Gasteiger partial charge in [0.1, 0.15) is 18.4 Å². The van der Waals surface area contributed by atoms with E-state index >= 15 is 0 Å². The van der Waals surface area contributed by atoms with Crippen LogP contribution in [0.5, 0.6) is 5.75 Å². The summed E-state index contributed by atoms with van der Waals surface area (Å²) in [5, 5.41) is 10.1. The van der Waals surface area contributed by atoms with Gasteiger partial charge in [0.15, 0.2) is 5.69 Å². The van der Waals surface area contributed by atoms with Crippen molar-refractivity contribution in [1.29, 1.82) is 0 Å². The monoisotopic (exact) mass is 366 g/mol. The minimum Gasteiger partial charge on any atom is -0.489 e. The summed E-state index contributed by atoms with van der Waals surface area (Å²) in [6.07, 6.45) is 5.48. The number of hydrogen-bond acceptors (Lipinski definition) is 4. The lowest BCUT2D eigenvalue weighted by Crippen LogP contribution is -2.49. The Morgan fingerprint density at radius 1 is 1.33 bits per heavy atom. The van der Waals surface area contributed by atoms with Gasteiger partial charge in [0.2, 0.25) is 0 Å². The van der Waals surface area contributed by atoms with Crippen molar-refractivity contribution in [3.05, 3.63) is 41.2 Å². The minimum absolute atomic E-state index is 0.0997. The number of hydrogen-bond donors (Lipinski definition) is 2. The van der Waals surface area contributed by atoms with Crippen molar-refractivity contribution in [1.82, 2.24) is 15.5 Å². The van der Waals surface area contributed by atoms with Gasteiger partial charge in [-0.3, -0.25) is 14.7 Å². The van der Waals surface area contributed by atoms with Gasteiger partial charge in [-0.2, -0.15) is 5.10 Å². The first kappa shape index (κ1) is 16.4. The molecule has 2 amide bonds. The van der Waals surface area contributed by atoms with Gasteiger partial charge in [-0.1, -0.05) is 12.1 Å². The number of amides is 2. The summed E-state index contributed by atoms with van der Waals surface area (Å²) in [5.41, 5.74) is 3.59. The van der Waals surface area contributed by atoms with Crippen LogP contribution in [0.25, 0.3) is 0 Å². The smallest absolute Gasteiger partial charge is 0.272 e. The second-order valence-electron chi connectivity index (χ2n) is 7.91. The summed E-state index contributed by atoms with van der Waals surface area (Å²) in [6, 6.07) is 6.62. The molecule has 1 atom stereocenters. The average molecular weight is 366 g/mol. The van der Waals surface area contributed by atoms with E-state index in [4.69, 9.17) is 4.74 Å². The molecule has 3 aliphatic rings. The number of aromatic amines is 1. The molecule has 1 aromatic heterocycles. The second-order valence-corrected chi connectivity index (χ2v) is 7.91. The van der Waals surface area contributed by atoms with Crippen LogP contribution in [0.3, 0.4) is 0 Å². The van der Waals surface area contributed by atoms with Crippen molar-refractivity contribution >= 4 is 17.5 Å². The number of rotatable bonds is 2. The molecule has 1 saturated carbocycles. The number of ether oxygens (including phenoxy) is 1. The summed E-state index contributed by atoms with van der Waals surface area (Å²) in [4.78, 5) is 27.2. The lowest BCUT2D eigenvalue weighted by molar-refractivity contribution is -0.120. The molecule has 0 radical (unpaired) electrons. The average Bonchev–Trinajstić information content (AvgIpc) is 3.32. The van der Waals surface area contributed by atoms with Crippen molar-refractivity contribution < 1.29 is 14.3 Å². The molecule has 7 nitrogen and oxygen atoms in total. The van der Waals surface area contributed by atoms with Gasteiger partial charge < -0.3 is 15.0 Å². The summed E-state index contributed by atoms with van der Waals surface area (Å²) >= 11 is 0. The second kappa shape index (κ2) is 5.84. The molecule has 2 aromatic rings. The highest BCUT2D eigenvalue weighted by Gasteiger charge is 2.46. The quantitative estimate of drug-likeness (QED) is 0.849. The van der Waals surface area contributed by atoms with Crippen LogP contribution in [-0.4, -0.2) is 41.7 Å². The molecule has 1 spiro atoms. The Labute approximate surface area is 157 Å². The molecule has 0 bridgehead atoms. The van der Waals surface area contributed by atoms with E-state index in [2.05, 4.69) is 15.5 Å². The van der Waals surface area contributed by atoms with Crippen LogP contribution < -0.4 is 15.0 Å². The SMILES string of the molecule is CN1C(=O)C(NC(=O)c2n[nH]c3c2CC2(CC3)CC2)COc2ccccc21. The van der Waals surface area contributed by atoms with E-state index in [0.717, 1.165) is 24.1 Å². The van der Waals surface area contributed by atoms with E-state index in [1.807, 2.05) is 24.3 Å². The highest BCUT2D eigenvalue weighted by molar-refractivity contribution is 6.03. The largest absolute Gasteiger partial charge is 0.489 e. The number of nitrogens with one attached hydrogen (secondary N) is 2. The normalized spacial score (nSPS) is 22.5. The number of fused-ring (bicyclic) bond motifs is 2. The number of benzene rings is 1. The van der Waals surface area contributed by atoms with Gasteiger partial charge >= 0.3 is 0 Å². The maximum atomic E-state index is 12.9. The Hall–Kier alpha value is -2.83. The number of carbonyl (C=O) groups excluding carboxylic acids is 2. The van der Waals surface area contributed by atoms with Crippen LogP contribution in [0.15, 0.2) is 24.3 Å². The van der Waals surface area contributed by atoms with Crippen molar-refractivity contribution in [3.8, 4) is 5.75 Å². The highest BCUT2D eigenvalue weighted by atomic mass is 16.5. The lowest BCUT2D eigenvalue weighted by Gasteiger charge is -2.22. The van der Waals surface area contributed by atoms with E-state index in [0.29, 0.717) is 22.5 Å². The van der Waals surface area contributed by atoms with Gasteiger partial charge in [-0.05, 0) is 49.7 Å². The number of anilines is 1. The Morgan fingerprint density at radius 3 is 2.96 bits per heavy atom. The van der Waals surface area contributed by atoms with Crippen LogP contribution in [0.1, 0.15) is 41.0 Å². The minimum atomic E-state index is -0.749. The fraction of sp³-hybridized carbons (Fsp3) is 0.450. The van der Waals surface area contributed by atoms with Crippen LogP contribution in [0.2, 0.25) is 0 Å². The van der Waals surface area contributed by atoms with Gasteiger partial charge in [0.25, 0.3) is 11.8 Å². The molecule has 2 N–H and O–H groups in total. The zero-order valence-electron chi connectivity index (χ0n) is 15.2. The third kappa shape index (κ3) is 2.69. The molecule has 2 aliphatic carbocycles. The number of H-pyrrole nitrogens is 1. The van der Waals surface area contributed by atoms with Gasteiger partial charge in [-0.15, -0.1) is 0 Å². The Morgan fingerprint density at radius 2 is 2.15 bits per heavy atom. The third-order valence-electron chi connectivity index (χ3n) is 6.15. The molecule has 1 fully saturated rings. The number of nitrogens with zero attached hydrogens (tertiary/aromatic N) is 2. The zero-order valence-corrected chi connectivity index (χ0v) is 15.2. The zero-order chi connectivity index (χ0) is 18.6. The van der Waals surface area contributed by atoms with Crippen LogP contribution >= 0.6 is 0 Å². The molecule has 7 heteroatoms. The number of aromatic nitrogens is 2. The molecule has 2 heterocycles. The van der Waals surface area contributed by atoms with Gasteiger partial charge in [0, 0.05) is 18.3 Å². The van der Waals surface area contributed by atoms with Crippen LogP contribution in [-0.2, 0) is 17.6 Å². The van der Waals surface area contributed by atoms with E-state index in [-0.39, 0.29) is 18.4 Å². The first-order valence-corrected chi connectivity index (χ1v) is 9.43. The Balaban J connectivity index is 1.36. The number of para-hydroxylation sites is 2. The summed E-state index contributed by atoms with van der Waals surface area (Å²) in [7, 11) is 1.70. The Kier molecular flexibility index (Phi) is 3.54. The highest BCUT2D eigenvalue weighted by Crippen LogP contribution is 2.54. The van der Waals surface area contributed by atoms with E-state index in [1.54, 1.807) is 7.05 Å². The van der Waals surface area contributed by atoms with Gasteiger partial charge in [-0.25, -0.2) is 0 Å². The van der Waals surface area contributed by atoms with E-state index in [1.165, 1.54) is 24.2 Å². The molecule has 5 rings (SSSR count). The maximum absolute atomic E-state index is 12.9. The summed E-state index contributed by atoms with van der Waals surface area (Å²) in [6.45, 7) is 0.0997. The van der Waals surface area contributed by atoms with E-state index < -0.39 is 6.04 Å². The first-order valence-electron chi connectivity index (χ1n) is 9.43. The molecule has 1 unspecified atom stereocenters. The standard InChI is InChI=1S/C20H22N4O3/c1-24-15-4-2-3-5-16(15)27-11-14(19(24)26)21-18(25)17-12-10-20(8-9-20)7-6-13(12)22-23-17/h2-5,14H,6-11H2,1H3,(H,21,25)(H,22,23). The van der Waals surface area contributed by atoms with E-state index in [9.17, 15) is 9.59 Å². The third-order valence-corrected chi connectivity index (χ3v) is 6.15. The topological polar surface area (TPSA) is 87.3 Å². The maximum Gasteiger partial charge on any atom is 0.272 e. The molecule has 1 aromatic carbocycles. The Bertz CT molecular complexity index is 931. The van der Waals surface area contributed by atoms with Crippen LogP contribution in [0, 0.1) is 5.41 Å². The predicted octanol–water partition coefficient (Wildman–Crippen LogP) is 1.83. The lowest BCUT2D eigenvalue weighted by atomic mass is 9.84. The fourth-order valence-corrected chi connectivity index (χ4v) is 4.23. The van der Waals surface area contributed by atoms with Crippen molar-refractivity contribution in [2.45, 2.75) is 38.1 Å². The van der Waals surface area contributed by atoms with Crippen LogP contribution in [0.4, 0.5) is 5.69 Å². The van der Waals surface area contributed by atoms with Crippen molar-refractivity contribution in [3.63, 3.8) is 0 Å². The molecular weight excluding hydrogens is 344 g/mol. The number of likely N-dealkylation sites (N-methyl/N-ethyl adjacent to an activating group) is 1.